The fourth-order valence-corrected chi connectivity index (χ4v) is 2.37. The van der Waals surface area contributed by atoms with Gasteiger partial charge in [0.25, 0.3) is 0 Å². The van der Waals surface area contributed by atoms with E-state index in [0.29, 0.717) is 5.89 Å². The van der Waals surface area contributed by atoms with E-state index in [4.69, 9.17) is 4.42 Å². The van der Waals surface area contributed by atoms with Gasteiger partial charge in [-0.25, -0.2) is 4.98 Å². The number of aromatic nitrogens is 1. The molecule has 1 atom stereocenters. The van der Waals surface area contributed by atoms with Crippen LogP contribution in [0, 0.1) is 0 Å². The first-order chi connectivity index (χ1) is 9.25. The number of rotatable bonds is 4. The summed E-state index contributed by atoms with van der Waals surface area (Å²) in [5, 5.41) is 6.93. The van der Waals surface area contributed by atoms with E-state index in [9.17, 15) is 0 Å². The minimum absolute atomic E-state index is 0.172. The summed E-state index contributed by atoms with van der Waals surface area (Å²) in [6.07, 6.45) is 2.89. The first kappa shape index (κ1) is 12.4. The lowest BCUT2D eigenvalue weighted by molar-refractivity contribution is 0.383. The van der Waals surface area contributed by atoms with Gasteiger partial charge in [0.2, 0.25) is 5.89 Å². The molecule has 0 bridgehead atoms. The van der Waals surface area contributed by atoms with Crippen molar-refractivity contribution < 1.29 is 4.42 Å². The predicted octanol–water partition coefficient (Wildman–Crippen LogP) is 2.18. The Morgan fingerprint density at radius 1 is 1.37 bits per heavy atom. The van der Waals surface area contributed by atoms with Crippen molar-refractivity contribution in [1.82, 2.24) is 15.6 Å². The predicted molar refractivity (Wildman–Crippen MR) is 74.7 cm³/mol. The van der Waals surface area contributed by atoms with Crippen molar-refractivity contribution in [2.75, 3.05) is 13.1 Å². The van der Waals surface area contributed by atoms with E-state index in [2.05, 4.69) is 22.5 Å². The molecule has 4 nitrogen and oxygen atoms in total. The lowest BCUT2D eigenvalue weighted by Crippen LogP contribution is -2.43. The van der Waals surface area contributed by atoms with Crippen molar-refractivity contribution in [3.8, 4) is 11.5 Å². The quantitative estimate of drug-likeness (QED) is 0.881. The molecular weight excluding hydrogens is 238 g/mol. The number of oxazole rings is 1. The number of hydrogen-bond acceptors (Lipinski definition) is 4. The molecule has 3 rings (SSSR count). The summed E-state index contributed by atoms with van der Waals surface area (Å²) < 4.78 is 5.53. The molecule has 0 spiro atoms. The van der Waals surface area contributed by atoms with Crippen molar-refractivity contribution in [2.45, 2.75) is 25.4 Å². The summed E-state index contributed by atoms with van der Waals surface area (Å²) in [4.78, 5) is 4.52. The molecule has 0 radical (unpaired) electrons. The Kier molecular flexibility index (Phi) is 3.36. The molecule has 0 amide bonds. The van der Waals surface area contributed by atoms with Gasteiger partial charge in [-0.15, -0.1) is 0 Å². The molecule has 2 heterocycles. The fourth-order valence-electron chi connectivity index (χ4n) is 2.37. The van der Waals surface area contributed by atoms with E-state index < -0.39 is 0 Å². The molecule has 1 aliphatic rings. The zero-order valence-electron chi connectivity index (χ0n) is 11.1. The van der Waals surface area contributed by atoms with Gasteiger partial charge in [0.15, 0.2) is 0 Å². The highest BCUT2D eigenvalue weighted by Gasteiger charge is 2.27. The van der Waals surface area contributed by atoms with Crippen LogP contribution in [0.3, 0.4) is 0 Å². The first-order valence-electron chi connectivity index (χ1n) is 6.71. The molecule has 1 aromatic carbocycles. The molecule has 1 unspecified atom stereocenters. The highest BCUT2D eigenvalue weighted by atomic mass is 16.3. The first-order valence-corrected chi connectivity index (χ1v) is 6.71. The maximum Gasteiger partial charge on any atom is 0.226 e. The minimum atomic E-state index is 0.172. The van der Waals surface area contributed by atoms with Crippen LogP contribution in [0.5, 0.6) is 0 Å². The van der Waals surface area contributed by atoms with Crippen LogP contribution in [-0.4, -0.2) is 23.6 Å². The summed E-state index contributed by atoms with van der Waals surface area (Å²) in [5.41, 5.74) is 2.14. The van der Waals surface area contributed by atoms with Gasteiger partial charge in [-0.1, -0.05) is 18.2 Å². The summed E-state index contributed by atoms with van der Waals surface area (Å²) in [5.74, 6) is 0.687. The van der Waals surface area contributed by atoms with Crippen molar-refractivity contribution in [1.29, 1.82) is 0 Å². The second-order valence-electron chi connectivity index (χ2n) is 5.35. The Bertz CT molecular complexity index is 529. The highest BCUT2D eigenvalue weighted by Crippen LogP contribution is 2.19. The molecule has 1 fully saturated rings. The lowest BCUT2D eigenvalue weighted by Gasteiger charge is -2.23. The van der Waals surface area contributed by atoms with Gasteiger partial charge in [0.1, 0.15) is 6.26 Å². The molecule has 1 aromatic heterocycles. The molecule has 100 valence electrons. The Hall–Kier alpha value is -1.65. The highest BCUT2D eigenvalue weighted by molar-refractivity contribution is 5.52. The Balaban J connectivity index is 1.65. The molecule has 0 saturated carbocycles. The van der Waals surface area contributed by atoms with Gasteiger partial charge in [0, 0.05) is 24.2 Å². The van der Waals surface area contributed by atoms with Crippen molar-refractivity contribution in [3.05, 3.63) is 42.3 Å². The van der Waals surface area contributed by atoms with Crippen LogP contribution in [-0.2, 0) is 6.54 Å². The smallest absolute Gasteiger partial charge is 0.226 e. The van der Waals surface area contributed by atoms with Crippen LogP contribution in [0.25, 0.3) is 11.5 Å². The van der Waals surface area contributed by atoms with E-state index >= 15 is 0 Å². The van der Waals surface area contributed by atoms with E-state index in [1.54, 1.807) is 6.26 Å². The zero-order valence-corrected chi connectivity index (χ0v) is 11.1. The summed E-state index contributed by atoms with van der Waals surface area (Å²) in [6, 6.07) is 9.98. The summed E-state index contributed by atoms with van der Waals surface area (Å²) in [7, 11) is 0. The van der Waals surface area contributed by atoms with Gasteiger partial charge in [-0.3, -0.25) is 0 Å². The molecule has 19 heavy (non-hydrogen) atoms. The lowest BCUT2D eigenvalue weighted by atomic mass is 10.0. The fraction of sp³-hybridized carbons (Fsp3) is 0.400. The van der Waals surface area contributed by atoms with Gasteiger partial charge in [-0.05, 0) is 32.0 Å². The maximum atomic E-state index is 5.53. The molecule has 2 N–H and O–H groups in total. The van der Waals surface area contributed by atoms with E-state index in [0.717, 1.165) is 37.3 Å². The molecular formula is C15H19N3O. The molecule has 0 aliphatic carbocycles. The third-order valence-corrected chi connectivity index (χ3v) is 3.64. The Morgan fingerprint density at radius 3 is 2.95 bits per heavy atom. The van der Waals surface area contributed by atoms with Gasteiger partial charge < -0.3 is 15.1 Å². The van der Waals surface area contributed by atoms with Crippen LogP contribution in [0.2, 0.25) is 0 Å². The number of nitrogens with one attached hydrogen (secondary N) is 2. The van der Waals surface area contributed by atoms with Gasteiger partial charge >= 0.3 is 0 Å². The van der Waals surface area contributed by atoms with Crippen molar-refractivity contribution in [2.24, 2.45) is 0 Å². The van der Waals surface area contributed by atoms with Crippen LogP contribution >= 0.6 is 0 Å². The zero-order chi connectivity index (χ0) is 13.1. The third kappa shape index (κ3) is 2.85. The SMILES string of the molecule is CC1(NCc2coc(-c3ccccc3)n2)CCNC1. The van der Waals surface area contributed by atoms with Gasteiger partial charge in [-0.2, -0.15) is 0 Å². The molecule has 2 aromatic rings. The summed E-state index contributed by atoms with van der Waals surface area (Å²) >= 11 is 0. The normalized spacial score (nSPS) is 22.8. The maximum absolute atomic E-state index is 5.53. The van der Waals surface area contributed by atoms with Crippen LogP contribution < -0.4 is 10.6 Å². The Labute approximate surface area is 113 Å². The van der Waals surface area contributed by atoms with E-state index in [-0.39, 0.29) is 5.54 Å². The van der Waals surface area contributed by atoms with E-state index in [1.807, 2.05) is 30.3 Å². The standard InChI is InChI=1S/C15H19N3O/c1-15(7-8-16-11-15)17-9-13-10-19-14(18-13)12-5-3-2-4-6-12/h2-6,10,16-17H,7-9,11H2,1H3. The van der Waals surface area contributed by atoms with Crippen LogP contribution in [0.15, 0.2) is 41.0 Å². The number of benzene rings is 1. The molecule has 1 saturated heterocycles. The monoisotopic (exact) mass is 257 g/mol. The van der Waals surface area contributed by atoms with Crippen LogP contribution in [0.4, 0.5) is 0 Å². The van der Waals surface area contributed by atoms with Crippen LogP contribution in [0.1, 0.15) is 19.0 Å². The average Bonchev–Trinajstić information content (AvgIpc) is 3.07. The van der Waals surface area contributed by atoms with Crippen molar-refractivity contribution in [3.63, 3.8) is 0 Å². The molecule has 1 aliphatic heterocycles. The van der Waals surface area contributed by atoms with Gasteiger partial charge in [0.05, 0.1) is 5.69 Å². The molecule has 4 heteroatoms. The summed E-state index contributed by atoms with van der Waals surface area (Å²) in [6.45, 7) is 5.08. The average molecular weight is 257 g/mol. The Morgan fingerprint density at radius 2 is 2.21 bits per heavy atom. The topological polar surface area (TPSA) is 50.1 Å². The third-order valence-electron chi connectivity index (χ3n) is 3.64. The van der Waals surface area contributed by atoms with E-state index in [1.165, 1.54) is 0 Å². The second-order valence-corrected chi connectivity index (χ2v) is 5.35. The number of hydrogen-bond donors (Lipinski definition) is 2. The minimum Gasteiger partial charge on any atom is -0.444 e. The number of nitrogens with zero attached hydrogens (tertiary/aromatic N) is 1. The largest absolute Gasteiger partial charge is 0.444 e. The second kappa shape index (κ2) is 5.15. The van der Waals surface area contributed by atoms with Crippen molar-refractivity contribution >= 4 is 0 Å².